The summed E-state index contributed by atoms with van der Waals surface area (Å²) in [6, 6.07) is 24.4. The summed E-state index contributed by atoms with van der Waals surface area (Å²) in [5.41, 5.74) is 29.4. The second-order valence-electron chi connectivity index (χ2n) is 28.0. The third-order valence-electron chi connectivity index (χ3n) is 20.7. The Morgan fingerprint density at radius 3 is 0.811 bits per heavy atom. The van der Waals surface area contributed by atoms with Crippen LogP contribution in [0.4, 0.5) is 48.5 Å². The van der Waals surface area contributed by atoms with Crippen molar-refractivity contribution in [3.05, 3.63) is 254 Å². The number of piperazine rings is 3. The van der Waals surface area contributed by atoms with E-state index in [-0.39, 0.29) is 17.5 Å². The van der Waals surface area contributed by atoms with Crippen LogP contribution in [-0.4, -0.2) is 182 Å². The molecule has 0 bridgehead atoms. The quantitative estimate of drug-likeness (QED) is 0.0880. The van der Waals surface area contributed by atoms with Gasteiger partial charge in [-0.2, -0.15) is 30.6 Å². The van der Waals surface area contributed by atoms with E-state index >= 15 is 0 Å². The van der Waals surface area contributed by atoms with Gasteiger partial charge in [0, 0.05) is 232 Å². The van der Waals surface area contributed by atoms with Crippen molar-refractivity contribution in [3.63, 3.8) is 0 Å². The van der Waals surface area contributed by atoms with Crippen molar-refractivity contribution in [3.8, 4) is 33.4 Å². The Morgan fingerprint density at radius 1 is 0.306 bits per heavy atom. The van der Waals surface area contributed by atoms with Gasteiger partial charge >= 0.3 is 0 Å². The summed E-state index contributed by atoms with van der Waals surface area (Å²) < 4.78 is 94.4. The molecule has 111 heavy (non-hydrogen) atoms. The number of fused-ring (bicyclic) bond motifs is 3. The molecule has 564 valence electrons. The van der Waals surface area contributed by atoms with E-state index in [0.717, 1.165) is 125 Å². The molecule has 3 aliphatic rings. The van der Waals surface area contributed by atoms with Gasteiger partial charge in [0.25, 0.3) is 0 Å². The molecule has 18 rings (SSSR count). The topological polar surface area (TPSA) is 319 Å². The van der Waals surface area contributed by atoms with Crippen LogP contribution in [0.3, 0.4) is 0 Å². The van der Waals surface area contributed by atoms with E-state index in [1.165, 1.54) is 73.8 Å². The molecule has 3 saturated heterocycles. The molecular weight excluding hydrogens is 1410 g/mol. The smallest absolute Gasteiger partial charge is 0.225 e. The number of hydrogen-bond acceptors (Lipinski definition) is 24. The van der Waals surface area contributed by atoms with Gasteiger partial charge in [-0.1, -0.05) is 36.4 Å². The first kappa shape index (κ1) is 65.0. The molecule has 15 aromatic rings. The zero-order valence-electron chi connectivity index (χ0n) is 67.0. The minimum absolute atomic E-state index is 0.293. The number of nitrogens with two attached hydrogens (primary N) is 3. The fourth-order valence-electron chi connectivity index (χ4n) is 14.0. The molecular formula is C78H81F3N30. The molecule has 33 heteroatoms. The van der Waals surface area contributed by atoms with Gasteiger partial charge in [0.2, 0.25) is 17.8 Å². The van der Waals surface area contributed by atoms with Gasteiger partial charge in [0.15, 0.2) is 17.5 Å². The van der Waals surface area contributed by atoms with E-state index in [9.17, 15) is 13.2 Å². The Bertz CT molecular complexity index is 5720. The van der Waals surface area contributed by atoms with Gasteiger partial charge in [-0.3, -0.25) is 14.0 Å². The number of aromatic nitrogens is 21. The Morgan fingerprint density at radius 2 is 0.559 bits per heavy atom. The summed E-state index contributed by atoms with van der Waals surface area (Å²) in [6.07, 6.45) is 30.6. The van der Waals surface area contributed by atoms with Crippen molar-refractivity contribution in [1.29, 1.82) is 0 Å². The van der Waals surface area contributed by atoms with Gasteiger partial charge in [-0.25, -0.2) is 71.6 Å². The summed E-state index contributed by atoms with van der Waals surface area (Å²) in [5.74, 6) is 3.45. The summed E-state index contributed by atoms with van der Waals surface area (Å²) >= 11 is 0. The molecule has 0 amide bonds. The Hall–Kier alpha value is -13.1. The minimum Gasteiger partial charge on any atom is -0.351 e. The molecule has 3 aliphatic heterocycles. The van der Waals surface area contributed by atoms with Gasteiger partial charge in [-0.15, -0.1) is 0 Å². The molecule has 3 fully saturated rings. The van der Waals surface area contributed by atoms with E-state index in [1.54, 1.807) is 93.6 Å². The van der Waals surface area contributed by atoms with E-state index in [4.69, 9.17) is 25.4 Å². The fraction of sp³-hybridized carbons (Fsp3) is 0.269. The number of anilines is 6. The van der Waals surface area contributed by atoms with Crippen LogP contribution in [0.15, 0.2) is 203 Å². The van der Waals surface area contributed by atoms with Crippen molar-refractivity contribution in [2.45, 2.75) is 37.4 Å². The van der Waals surface area contributed by atoms with Crippen LogP contribution >= 0.6 is 0 Å². The van der Waals surface area contributed by atoms with Crippen LogP contribution < -0.4 is 46.6 Å². The number of benzene rings is 3. The maximum atomic E-state index is 13.4. The second kappa shape index (κ2) is 29.8. The molecule has 15 heterocycles. The molecule has 0 aliphatic carbocycles. The van der Waals surface area contributed by atoms with Crippen molar-refractivity contribution in [2.75, 3.05) is 108 Å². The lowest BCUT2D eigenvalue weighted by molar-refractivity contribution is 0.585. The highest BCUT2D eigenvalue weighted by atomic mass is 19.1. The van der Waals surface area contributed by atoms with Gasteiger partial charge in [0.1, 0.15) is 53.0 Å². The number of hydrogen-bond donors (Lipinski definition) is 3. The molecule has 12 aromatic heterocycles. The highest BCUT2D eigenvalue weighted by Crippen LogP contribution is 2.35. The second-order valence-corrected chi connectivity index (χ2v) is 28.0. The highest BCUT2D eigenvalue weighted by Gasteiger charge is 2.32. The standard InChI is InChI=1S/3C26H27FN10/c3*1-26(28,20-3-5-22(27)6-4-20)21-13-29-25(30-14-21)36-9-7-35(8-10-36)24-23-11-18(16-37(23)33-17-31-24)19-12-32-34(2)15-19/h3*3-6,11-17H,7-10,28H2,1-2H3/t3*26-/m111/s1/i2*2D3;. The number of nitrogens with zero attached hydrogens (tertiary/aromatic N) is 27. The lowest BCUT2D eigenvalue weighted by atomic mass is 9.87. The van der Waals surface area contributed by atoms with E-state index in [2.05, 4.69) is 111 Å². The van der Waals surface area contributed by atoms with Crippen molar-refractivity contribution < 1.29 is 21.4 Å². The zero-order valence-corrected chi connectivity index (χ0v) is 61.0. The van der Waals surface area contributed by atoms with Crippen LogP contribution in [0.2, 0.25) is 0 Å². The minimum atomic E-state index is -2.33. The van der Waals surface area contributed by atoms with Crippen LogP contribution in [-0.2, 0) is 37.6 Å². The van der Waals surface area contributed by atoms with Gasteiger partial charge in [0.05, 0.1) is 35.2 Å². The van der Waals surface area contributed by atoms with Crippen molar-refractivity contribution >= 4 is 51.8 Å². The predicted molar refractivity (Wildman–Crippen MR) is 416 cm³/mol. The SMILES string of the molecule is Cn1cc(-c2cc3c(N4CCN(c5ncc([C@](C)(N)c6ccc(F)cc6)cn5)CC4)ncnn3c2)cn1.[2H]C([2H])([2H])n1cc(-c2cc3c(N4CCN(c5ncc([C@](C)(N)c6ccc(F)cc6)cn5)CC4)ncnn3c2)cn1.[2H]C([2H])([2H])n1cc(-c2cc3c(N4CCN(c5ncc([C@](C)(N)c6ccc(F)cc6)cn5)CC4)ncnn3c2)cn1. The lowest BCUT2D eigenvalue weighted by Gasteiger charge is -2.35. The van der Waals surface area contributed by atoms with Crippen LogP contribution in [0.1, 0.15) is 62.4 Å². The van der Waals surface area contributed by atoms with Crippen molar-refractivity contribution in [2.24, 2.45) is 38.2 Å². The third-order valence-corrected chi connectivity index (χ3v) is 20.7. The summed E-state index contributed by atoms with van der Waals surface area (Å²) in [7, 11) is 1.90. The molecule has 3 atom stereocenters. The highest BCUT2D eigenvalue weighted by molar-refractivity contribution is 5.80. The summed E-state index contributed by atoms with van der Waals surface area (Å²) in [5, 5.41) is 25.3. The fourth-order valence-corrected chi connectivity index (χ4v) is 14.0. The number of halogens is 3. The zero-order chi connectivity index (χ0) is 81.7. The molecule has 30 nitrogen and oxygen atoms in total. The first-order valence-corrected chi connectivity index (χ1v) is 35.8. The summed E-state index contributed by atoms with van der Waals surface area (Å²) in [6.45, 7) is 9.49. The maximum Gasteiger partial charge on any atom is 0.225 e. The van der Waals surface area contributed by atoms with Crippen LogP contribution in [0.25, 0.3) is 49.9 Å². The Labute approximate surface area is 644 Å². The average molecular weight is 1500 g/mol. The number of rotatable bonds is 15. The molecule has 0 unspecified atom stereocenters. The molecule has 6 N–H and O–H groups in total. The van der Waals surface area contributed by atoms with Crippen LogP contribution in [0.5, 0.6) is 0 Å². The largest absolute Gasteiger partial charge is 0.351 e. The van der Waals surface area contributed by atoms with Gasteiger partial charge in [-0.05, 0) is 92.1 Å². The molecule has 0 saturated carbocycles. The van der Waals surface area contributed by atoms with Crippen molar-refractivity contribution in [1.82, 2.24) is 103 Å². The lowest BCUT2D eigenvalue weighted by Crippen LogP contribution is -2.47. The van der Waals surface area contributed by atoms with E-state index < -0.39 is 30.6 Å². The predicted octanol–water partition coefficient (Wildman–Crippen LogP) is 7.82. The first-order chi connectivity index (χ1) is 56.1. The molecule has 3 aromatic carbocycles. The third kappa shape index (κ3) is 14.9. The van der Waals surface area contributed by atoms with E-state index in [1.807, 2.05) is 75.5 Å². The first-order valence-electron chi connectivity index (χ1n) is 38.8. The Balaban J connectivity index is 0.000000132. The average Bonchev–Trinajstić information content (AvgIpc) is 1.51. The molecule has 0 radical (unpaired) electrons. The monoisotopic (exact) mass is 1500 g/mol. The van der Waals surface area contributed by atoms with Gasteiger partial charge < -0.3 is 46.6 Å². The Kier molecular flexibility index (Phi) is 17.4. The van der Waals surface area contributed by atoms with Crippen LogP contribution in [0, 0.1) is 17.5 Å². The molecule has 0 spiro atoms. The maximum absolute atomic E-state index is 13.4. The number of aryl methyl sites for hydroxylation is 3. The summed E-state index contributed by atoms with van der Waals surface area (Å²) in [4.78, 5) is 54.2. The van der Waals surface area contributed by atoms with E-state index in [0.29, 0.717) is 81.3 Å². The normalized spacial score (nSPS) is 16.8.